The maximum atomic E-state index is 14.2. The first-order chi connectivity index (χ1) is 13.5. The highest BCUT2D eigenvalue weighted by Crippen LogP contribution is 2.28. The van der Waals surface area contributed by atoms with Crippen molar-refractivity contribution in [2.75, 3.05) is 13.1 Å². The van der Waals surface area contributed by atoms with Crippen molar-refractivity contribution in [3.63, 3.8) is 0 Å². The fraction of sp³-hybridized carbons (Fsp3) is 0.500. The Hall–Kier alpha value is -3.24. The molecular formula is C18H22FN5O5. The lowest BCUT2D eigenvalue weighted by Crippen LogP contribution is -2.57. The fourth-order valence-electron chi connectivity index (χ4n) is 2.91. The van der Waals surface area contributed by atoms with Gasteiger partial charge in [0.25, 0.3) is 0 Å². The number of carbonyl (C=O) groups is 1. The molecule has 2 aromatic heterocycles. The van der Waals surface area contributed by atoms with Crippen LogP contribution in [-0.2, 0) is 4.74 Å². The molecule has 0 saturated carbocycles. The number of rotatable bonds is 4. The van der Waals surface area contributed by atoms with Crippen LogP contribution in [0.3, 0.4) is 0 Å². The van der Waals surface area contributed by atoms with Crippen molar-refractivity contribution in [1.82, 2.24) is 19.7 Å². The van der Waals surface area contributed by atoms with E-state index in [9.17, 15) is 19.3 Å². The van der Waals surface area contributed by atoms with Crippen LogP contribution in [0.15, 0.2) is 12.3 Å². The molecule has 0 aromatic carbocycles. The third kappa shape index (κ3) is 4.28. The number of nitro groups is 1. The van der Waals surface area contributed by atoms with Crippen molar-refractivity contribution in [1.29, 1.82) is 0 Å². The average Bonchev–Trinajstić information content (AvgIpc) is 2.84. The van der Waals surface area contributed by atoms with Crippen molar-refractivity contribution in [3.8, 4) is 11.6 Å². The zero-order valence-electron chi connectivity index (χ0n) is 16.8. The van der Waals surface area contributed by atoms with Crippen LogP contribution in [0, 0.1) is 29.8 Å². The summed E-state index contributed by atoms with van der Waals surface area (Å²) in [4.78, 5) is 28.0. The van der Waals surface area contributed by atoms with Gasteiger partial charge in [-0.05, 0) is 34.6 Å². The van der Waals surface area contributed by atoms with Gasteiger partial charge in [-0.25, -0.2) is 18.9 Å². The highest BCUT2D eigenvalue weighted by molar-refractivity contribution is 5.69. The summed E-state index contributed by atoms with van der Waals surface area (Å²) in [6.45, 7) is 8.90. The van der Waals surface area contributed by atoms with Crippen molar-refractivity contribution in [2.24, 2.45) is 0 Å². The van der Waals surface area contributed by atoms with Crippen LogP contribution < -0.4 is 4.74 Å². The van der Waals surface area contributed by atoms with E-state index >= 15 is 0 Å². The fourth-order valence-corrected chi connectivity index (χ4v) is 2.91. The number of nitrogens with zero attached hydrogens (tertiary/aromatic N) is 5. The zero-order valence-corrected chi connectivity index (χ0v) is 16.8. The second-order valence-electron chi connectivity index (χ2n) is 7.79. The number of amides is 1. The summed E-state index contributed by atoms with van der Waals surface area (Å²) in [5, 5.41) is 15.3. The Balaban J connectivity index is 1.73. The summed E-state index contributed by atoms with van der Waals surface area (Å²) in [7, 11) is 0. The summed E-state index contributed by atoms with van der Waals surface area (Å²) in [6.07, 6.45) is 0.113. The van der Waals surface area contributed by atoms with Crippen LogP contribution in [0.25, 0.3) is 5.82 Å². The Morgan fingerprint density at radius 2 is 2.00 bits per heavy atom. The lowest BCUT2D eigenvalue weighted by atomic mass is 10.1. The van der Waals surface area contributed by atoms with Crippen molar-refractivity contribution in [3.05, 3.63) is 39.6 Å². The Kier molecular flexibility index (Phi) is 5.16. The van der Waals surface area contributed by atoms with E-state index in [4.69, 9.17) is 9.47 Å². The van der Waals surface area contributed by atoms with E-state index in [0.29, 0.717) is 0 Å². The van der Waals surface area contributed by atoms with Gasteiger partial charge in [0.2, 0.25) is 0 Å². The van der Waals surface area contributed by atoms with E-state index in [0.717, 1.165) is 6.20 Å². The third-order valence-corrected chi connectivity index (χ3v) is 4.25. The first-order valence-corrected chi connectivity index (χ1v) is 8.97. The first-order valence-electron chi connectivity index (χ1n) is 8.97. The lowest BCUT2D eigenvalue weighted by Gasteiger charge is -2.39. The molecule has 29 heavy (non-hydrogen) atoms. The van der Waals surface area contributed by atoms with E-state index in [-0.39, 0.29) is 41.7 Å². The normalized spacial score (nSPS) is 14.5. The molecule has 1 amide bonds. The van der Waals surface area contributed by atoms with E-state index in [2.05, 4.69) is 10.1 Å². The number of ether oxygens (including phenoxy) is 2. The molecule has 0 aliphatic carbocycles. The number of aromatic nitrogens is 3. The molecule has 11 heteroatoms. The molecule has 1 saturated heterocycles. The zero-order chi connectivity index (χ0) is 21.5. The average molecular weight is 407 g/mol. The largest absolute Gasteiger partial charge is 0.483 e. The van der Waals surface area contributed by atoms with E-state index < -0.39 is 28.5 Å². The number of likely N-dealkylation sites (tertiary alicyclic amines) is 1. The van der Waals surface area contributed by atoms with Gasteiger partial charge in [0.15, 0.2) is 17.4 Å². The van der Waals surface area contributed by atoms with E-state index in [1.54, 1.807) is 20.8 Å². The van der Waals surface area contributed by atoms with Crippen molar-refractivity contribution < 1.29 is 23.6 Å². The van der Waals surface area contributed by atoms with Gasteiger partial charge in [-0.15, -0.1) is 0 Å². The number of aryl methyl sites for hydroxylation is 1. The molecule has 156 valence electrons. The van der Waals surface area contributed by atoms with E-state index in [1.165, 1.54) is 29.5 Å². The van der Waals surface area contributed by atoms with Crippen LogP contribution in [0.5, 0.6) is 5.75 Å². The quantitative estimate of drug-likeness (QED) is 0.566. The Labute approximate surface area is 166 Å². The molecule has 10 nitrogen and oxygen atoms in total. The molecule has 3 rings (SSSR count). The summed E-state index contributed by atoms with van der Waals surface area (Å²) in [5.41, 5.74) is -0.215. The van der Waals surface area contributed by atoms with Crippen molar-refractivity contribution in [2.45, 2.75) is 46.3 Å². The smallest absolute Gasteiger partial charge is 0.410 e. The molecule has 1 fully saturated rings. The SMILES string of the molecule is Cc1nn(-c2cc(OC3CN(C(=O)OC(C)(C)C)C3)c(F)cn2)c(C)c1[N+](=O)[O-]. The maximum Gasteiger partial charge on any atom is 0.410 e. The predicted molar refractivity (Wildman–Crippen MR) is 99.7 cm³/mol. The van der Waals surface area contributed by atoms with Crippen molar-refractivity contribution >= 4 is 11.8 Å². The maximum absolute atomic E-state index is 14.2. The Morgan fingerprint density at radius 3 is 2.55 bits per heavy atom. The van der Waals surface area contributed by atoms with Gasteiger partial charge < -0.3 is 14.4 Å². The third-order valence-electron chi connectivity index (χ3n) is 4.25. The number of hydrogen-bond acceptors (Lipinski definition) is 7. The molecule has 0 spiro atoms. The minimum atomic E-state index is -0.680. The molecule has 1 aliphatic rings. The van der Waals surface area contributed by atoms with Gasteiger partial charge in [-0.1, -0.05) is 0 Å². The number of hydrogen-bond donors (Lipinski definition) is 0. The van der Waals surface area contributed by atoms with E-state index in [1.807, 2.05) is 0 Å². The van der Waals surface area contributed by atoms with Gasteiger partial charge in [0, 0.05) is 6.07 Å². The molecule has 0 N–H and O–H groups in total. The highest BCUT2D eigenvalue weighted by atomic mass is 19.1. The van der Waals surface area contributed by atoms with Crippen LogP contribution in [0.4, 0.5) is 14.9 Å². The topological polar surface area (TPSA) is 113 Å². The monoisotopic (exact) mass is 407 g/mol. The van der Waals surface area contributed by atoms with Crippen LogP contribution in [0.1, 0.15) is 32.2 Å². The first kappa shape index (κ1) is 20.5. The number of halogens is 1. The Bertz CT molecular complexity index is 962. The molecule has 0 radical (unpaired) electrons. The summed E-state index contributed by atoms with van der Waals surface area (Å²) < 4.78 is 26.3. The van der Waals surface area contributed by atoms with Gasteiger partial charge in [0.05, 0.1) is 24.2 Å². The highest BCUT2D eigenvalue weighted by Gasteiger charge is 2.35. The van der Waals surface area contributed by atoms with Gasteiger partial charge in [-0.3, -0.25) is 10.1 Å². The molecule has 0 unspecified atom stereocenters. The minimum Gasteiger partial charge on any atom is -0.483 e. The Morgan fingerprint density at radius 1 is 1.34 bits per heavy atom. The second kappa shape index (κ2) is 7.30. The van der Waals surface area contributed by atoms with Crippen LogP contribution in [0.2, 0.25) is 0 Å². The number of pyridine rings is 1. The molecule has 0 bridgehead atoms. The predicted octanol–water partition coefficient (Wildman–Crippen LogP) is 2.93. The van der Waals surface area contributed by atoms with Gasteiger partial charge in [0.1, 0.15) is 23.1 Å². The molecule has 0 atom stereocenters. The van der Waals surface area contributed by atoms with Gasteiger partial charge in [-0.2, -0.15) is 5.10 Å². The van der Waals surface area contributed by atoms with Crippen LogP contribution >= 0.6 is 0 Å². The molecule has 1 aliphatic heterocycles. The summed E-state index contributed by atoms with van der Waals surface area (Å²) in [5.74, 6) is -0.557. The molecule has 2 aromatic rings. The standard InChI is InChI=1S/C18H22FN5O5/c1-10-16(24(26)27)11(2)23(21-10)15-6-14(13(19)7-20-15)28-12-8-22(9-12)17(25)29-18(3,4)5/h6-7,12H,8-9H2,1-5H3. The molecule has 3 heterocycles. The minimum absolute atomic E-state index is 0.0703. The molecular weight excluding hydrogens is 385 g/mol. The van der Waals surface area contributed by atoms with Crippen LogP contribution in [-0.4, -0.2) is 55.5 Å². The number of carbonyl (C=O) groups excluding carboxylic acids is 1. The lowest BCUT2D eigenvalue weighted by molar-refractivity contribution is -0.386. The summed E-state index contributed by atoms with van der Waals surface area (Å²) >= 11 is 0. The summed E-state index contributed by atoms with van der Waals surface area (Å²) in [6, 6.07) is 1.33. The van der Waals surface area contributed by atoms with Gasteiger partial charge >= 0.3 is 11.8 Å². The second-order valence-corrected chi connectivity index (χ2v) is 7.79.